The lowest BCUT2D eigenvalue weighted by molar-refractivity contribution is 0.0593. The van der Waals surface area contributed by atoms with Crippen LogP contribution >= 0.6 is 0 Å². The van der Waals surface area contributed by atoms with Crippen molar-refractivity contribution in [2.45, 2.75) is 26.4 Å². The van der Waals surface area contributed by atoms with Crippen LogP contribution in [-0.4, -0.2) is 29.2 Å². The van der Waals surface area contributed by atoms with Crippen molar-refractivity contribution in [1.29, 1.82) is 0 Å². The predicted molar refractivity (Wildman–Crippen MR) is 53.8 cm³/mol. The van der Waals surface area contributed by atoms with Crippen molar-refractivity contribution in [1.82, 2.24) is 9.97 Å². The number of aromatic nitrogens is 2. The molecule has 0 aliphatic carbocycles. The Morgan fingerprint density at radius 2 is 2.20 bits per heavy atom. The molecule has 0 amide bonds. The summed E-state index contributed by atoms with van der Waals surface area (Å²) in [5.41, 5.74) is 0.175. The summed E-state index contributed by atoms with van der Waals surface area (Å²) < 4.78 is 9.90. The first kappa shape index (κ1) is 11.4. The van der Waals surface area contributed by atoms with Crippen molar-refractivity contribution < 1.29 is 14.3 Å². The second kappa shape index (κ2) is 5.29. The molecule has 1 atom stereocenters. The highest BCUT2D eigenvalue weighted by Crippen LogP contribution is 2.08. The van der Waals surface area contributed by atoms with E-state index in [0.717, 1.165) is 6.42 Å². The quantitative estimate of drug-likeness (QED) is 0.704. The molecule has 0 radical (unpaired) electrons. The number of hydrogen-bond donors (Lipinski definition) is 0. The molecule has 15 heavy (non-hydrogen) atoms. The lowest BCUT2D eigenvalue weighted by Gasteiger charge is -2.10. The molecule has 0 saturated carbocycles. The van der Waals surface area contributed by atoms with Gasteiger partial charge in [-0.25, -0.2) is 14.8 Å². The van der Waals surface area contributed by atoms with E-state index in [9.17, 15) is 4.79 Å². The topological polar surface area (TPSA) is 61.3 Å². The van der Waals surface area contributed by atoms with Gasteiger partial charge in [-0.3, -0.25) is 0 Å². The van der Waals surface area contributed by atoms with Crippen molar-refractivity contribution in [2.24, 2.45) is 0 Å². The van der Waals surface area contributed by atoms with Crippen LogP contribution in [0.2, 0.25) is 0 Å². The molecule has 0 aromatic carbocycles. The third-order valence-electron chi connectivity index (χ3n) is 1.92. The first-order chi connectivity index (χ1) is 7.17. The summed E-state index contributed by atoms with van der Waals surface area (Å²) in [5.74, 6) is -0.0883. The summed E-state index contributed by atoms with van der Waals surface area (Å²) in [6, 6.07) is 0. The number of esters is 1. The Hall–Kier alpha value is -1.65. The zero-order valence-electron chi connectivity index (χ0n) is 9.06. The van der Waals surface area contributed by atoms with Gasteiger partial charge in [0.15, 0.2) is 5.69 Å². The van der Waals surface area contributed by atoms with E-state index < -0.39 is 5.97 Å². The highest BCUT2D eigenvalue weighted by atomic mass is 16.5. The average molecular weight is 210 g/mol. The van der Waals surface area contributed by atoms with Gasteiger partial charge in [0.25, 0.3) is 0 Å². The second-order valence-electron chi connectivity index (χ2n) is 3.07. The van der Waals surface area contributed by atoms with Crippen molar-refractivity contribution in [3.05, 3.63) is 18.1 Å². The van der Waals surface area contributed by atoms with Crippen LogP contribution in [0.4, 0.5) is 0 Å². The minimum absolute atomic E-state index is 0.0864. The first-order valence-electron chi connectivity index (χ1n) is 4.74. The van der Waals surface area contributed by atoms with Crippen LogP contribution in [0.5, 0.6) is 5.88 Å². The molecule has 5 nitrogen and oxygen atoms in total. The van der Waals surface area contributed by atoms with Gasteiger partial charge in [-0.05, 0) is 13.3 Å². The van der Waals surface area contributed by atoms with Gasteiger partial charge < -0.3 is 9.47 Å². The van der Waals surface area contributed by atoms with Gasteiger partial charge in [-0.1, -0.05) is 6.92 Å². The van der Waals surface area contributed by atoms with Gasteiger partial charge in [0, 0.05) is 0 Å². The monoisotopic (exact) mass is 210 g/mol. The minimum Gasteiger partial charge on any atom is -0.474 e. The van der Waals surface area contributed by atoms with Crippen LogP contribution in [0.3, 0.4) is 0 Å². The van der Waals surface area contributed by atoms with Gasteiger partial charge >= 0.3 is 5.97 Å². The number of methoxy groups -OCH3 is 1. The number of rotatable bonds is 4. The van der Waals surface area contributed by atoms with Gasteiger partial charge in [-0.2, -0.15) is 0 Å². The molecule has 1 aromatic rings. The summed E-state index contributed by atoms with van der Waals surface area (Å²) in [7, 11) is 1.30. The van der Waals surface area contributed by atoms with E-state index >= 15 is 0 Å². The normalized spacial score (nSPS) is 11.9. The minimum atomic E-state index is -0.502. The Bertz CT molecular complexity index is 324. The Kier molecular flexibility index (Phi) is 4.03. The van der Waals surface area contributed by atoms with E-state index in [0.29, 0.717) is 5.88 Å². The molecular weight excluding hydrogens is 196 g/mol. The molecule has 0 saturated heterocycles. The fourth-order valence-corrected chi connectivity index (χ4v) is 0.876. The van der Waals surface area contributed by atoms with Crippen LogP contribution in [0.25, 0.3) is 0 Å². The SMILES string of the molecule is CCC(C)Oc1cnc(C(=O)OC)cn1. The molecule has 1 aromatic heterocycles. The molecule has 0 fully saturated rings. The zero-order chi connectivity index (χ0) is 11.3. The standard InChI is InChI=1S/C10H14N2O3/c1-4-7(2)15-9-6-11-8(5-12-9)10(13)14-3/h5-7H,4H2,1-3H3. The van der Waals surface area contributed by atoms with Gasteiger partial charge in [0.05, 0.1) is 25.6 Å². The van der Waals surface area contributed by atoms with E-state index in [2.05, 4.69) is 14.7 Å². The fraction of sp³-hybridized carbons (Fsp3) is 0.500. The van der Waals surface area contributed by atoms with Crippen molar-refractivity contribution in [3.63, 3.8) is 0 Å². The highest BCUT2D eigenvalue weighted by molar-refractivity contribution is 5.86. The number of carbonyl (C=O) groups is 1. The Morgan fingerprint density at radius 1 is 1.47 bits per heavy atom. The Morgan fingerprint density at radius 3 is 2.67 bits per heavy atom. The predicted octanol–water partition coefficient (Wildman–Crippen LogP) is 1.44. The van der Waals surface area contributed by atoms with Gasteiger partial charge in [0.2, 0.25) is 5.88 Å². The summed E-state index contributed by atoms with van der Waals surface area (Å²) in [6.45, 7) is 3.96. The maximum atomic E-state index is 11.0. The van der Waals surface area contributed by atoms with E-state index in [1.807, 2.05) is 13.8 Å². The molecule has 1 heterocycles. The van der Waals surface area contributed by atoms with Crippen LogP contribution in [-0.2, 0) is 4.74 Å². The first-order valence-corrected chi connectivity index (χ1v) is 4.74. The smallest absolute Gasteiger partial charge is 0.358 e. The van der Waals surface area contributed by atoms with Gasteiger partial charge in [-0.15, -0.1) is 0 Å². The maximum absolute atomic E-state index is 11.0. The maximum Gasteiger partial charge on any atom is 0.358 e. The van der Waals surface area contributed by atoms with Gasteiger partial charge in [0.1, 0.15) is 0 Å². The zero-order valence-corrected chi connectivity index (χ0v) is 9.06. The van der Waals surface area contributed by atoms with Crippen LogP contribution in [0.15, 0.2) is 12.4 Å². The van der Waals surface area contributed by atoms with Crippen LogP contribution in [0.1, 0.15) is 30.8 Å². The third-order valence-corrected chi connectivity index (χ3v) is 1.92. The van der Waals surface area contributed by atoms with Crippen LogP contribution < -0.4 is 4.74 Å². The molecule has 1 rings (SSSR count). The fourth-order valence-electron chi connectivity index (χ4n) is 0.876. The van der Waals surface area contributed by atoms with Crippen molar-refractivity contribution >= 4 is 5.97 Å². The van der Waals surface area contributed by atoms with Crippen molar-refractivity contribution in [3.8, 4) is 5.88 Å². The molecule has 0 spiro atoms. The molecule has 1 unspecified atom stereocenters. The molecule has 82 valence electrons. The number of carbonyl (C=O) groups excluding carboxylic acids is 1. The summed E-state index contributed by atoms with van der Waals surface area (Å²) >= 11 is 0. The third kappa shape index (κ3) is 3.19. The Balaban J connectivity index is 2.68. The molecular formula is C10H14N2O3. The van der Waals surface area contributed by atoms with E-state index in [4.69, 9.17) is 4.74 Å². The van der Waals surface area contributed by atoms with Crippen molar-refractivity contribution in [2.75, 3.05) is 7.11 Å². The van der Waals surface area contributed by atoms with E-state index in [1.54, 1.807) is 0 Å². The van der Waals surface area contributed by atoms with Crippen LogP contribution in [0, 0.1) is 0 Å². The molecule has 5 heteroatoms. The average Bonchev–Trinajstić information content (AvgIpc) is 2.29. The summed E-state index contributed by atoms with van der Waals surface area (Å²) in [6.07, 6.45) is 3.73. The number of nitrogens with zero attached hydrogens (tertiary/aromatic N) is 2. The molecule has 0 N–H and O–H groups in total. The second-order valence-corrected chi connectivity index (χ2v) is 3.07. The molecule has 0 aliphatic rings. The van der Waals surface area contributed by atoms with E-state index in [1.165, 1.54) is 19.5 Å². The summed E-state index contributed by atoms with van der Waals surface area (Å²) in [4.78, 5) is 18.9. The largest absolute Gasteiger partial charge is 0.474 e. The van der Waals surface area contributed by atoms with E-state index in [-0.39, 0.29) is 11.8 Å². The number of hydrogen-bond acceptors (Lipinski definition) is 5. The molecule has 0 aliphatic heterocycles. The molecule has 0 bridgehead atoms. The Labute approximate surface area is 88.4 Å². The summed E-state index contributed by atoms with van der Waals surface area (Å²) in [5, 5.41) is 0. The number of ether oxygens (including phenoxy) is 2. The lowest BCUT2D eigenvalue weighted by Crippen LogP contribution is -2.12. The highest BCUT2D eigenvalue weighted by Gasteiger charge is 2.08. The lowest BCUT2D eigenvalue weighted by atomic mass is 10.3.